The number of nitrogens with one attached hydrogen (secondary N) is 1. The van der Waals surface area contributed by atoms with Gasteiger partial charge in [-0.25, -0.2) is 0 Å². The molecule has 0 radical (unpaired) electrons. The third kappa shape index (κ3) is 2.72. The Labute approximate surface area is 125 Å². The molecule has 2 heterocycles. The monoisotopic (exact) mass is 289 g/mol. The molecular weight excluding hydrogens is 266 g/mol. The zero-order valence-corrected chi connectivity index (χ0v) is 13.1. The lowest BCUT2D eigenvalue weighted by atomic mass is 9.94. The van der Waals surface area contributed by atoms with E-state index in [0.29, 0.717) is 6.04 Å². The lowest BCUT2D eigenvalue weighted by Gasteiger charge is -2.23. The van der Waals surface area contributed by atoms with Gasteiger partial charge in [-0.05, 0) is 36.5 Å². The Morgan fingerprint density at radius 3 is 3.05 bits per heavy atom. The van der Waals surface area contributed by atoms with Gasteiger partial charge in [-0.15, -0.1) is 0 Å². The van der Waals surface area contributed by atoms with Crippen molar-refractivity contribution in [2.24, 2.45) is 13.0 Å². The average Bonchev–Trinajstić information content (AvgIpc) is 3.08. The van der Waals surface area contributed by atoms with E-state index in [1.165, 1.54) is 34.5 Å². The molecule has 2 unspecified atom stereocenters. The molecule has 1 aliphatic heterocycles. The minimum Gasteiger partial charge on any atom is -0.314 e. The summed E-state index contributed by atoms with van der Waals surface area (Å²) in [6.45, 7) is 3.24. The topological polar surface area (TPSA) is 29.9 Å². The second kappa shape index (κ2) is 6.19. The highest BCUT2D eigenvalue weighted by Gasteiger charge is 2.26. The molecule has 2 atom stereocenters. The average molecular weight is 289 g/mol. The summed E-state index contributed by atoms with van der Waals surface area (Å²) in [5, 5.41) is 9.75. The van der Waals surface area contributed by atoms with Crippen molar-refractivity contribution in [2.75, 3.05) is 18.1 Å². The summed E-state index contributed by atoms with van der Waals surface area (Å²) in [5.74, 6) is 3.40. The van der Waals surface area contributed by atoms with Crippen LogP contribution in [-0.4, -0.2) is 33.9 Å². The largest absolute Gasteiger partial charge is 0.314 e. The van der Waals surface area contributed by atoms with Gasteiger partial charge in [0.25, 0.3) is 0 Å². The molecule has 0 bridgehead atoms. The molecule has 0 spiro atoms. The lowest BCUT2D eigenvalue weighted by Crippen LogP contribution is -2.38. The minimum atomic E-state index is 0.563. The van der Waals surface area contributed by atoms with E-state index in [0.717, 1.165) is 18.9 Å². The summed E-state index contributed by atoms with van der Waals surface area (Å²) in [6, 6.07) is 9.11. The number of para-hydroxylation sites is 1. The summed E-state index contributed by atoms with van der Waals surface area (Å²) in [5.41, 5.74) is 2.48. The van der Waals surface area contributed by atoms with Crippen LogP contribution in [0.1, 0.15) is 19.0 Å². The molecule has 1 saturated heterocycles. The Hall–Kier alpha value is -1.00. The van der Waals surface area contributed by atoms with Crippen LogP contribution in [0.2, 0.25) is 0 Å². The van der Waals surface area contributed by atoms with Crippen molar-refractivity contribution >= 4 is 22.7 Å². The molecule has 20 heavy (non-hydrogen) atoms. The fraction of sp³-hybridized carbons (Fsp3) is 0.562. The van der Waals surface area contributed by atoms with Crippen LogP contribution in [-0.2, 0) is 13.5 Å². The number of rotatable bonds is 5. The van der Waals surface area contributed by atoms with E-state index >= 15 is 0 Å². The Morgan fingerprint density at radius 2 is 2.30 bits per heavy atom. The van der Waals surface area contributed by atoms with Crippen LogP contribution < -0.4 is 5.32 Å². The smallest absolute Gasteiger partial charge is 0.0718 e. The Balaban J connectivity index is 1.86. The highest BCUT2D eigenvalue weighted by molar-refractivity contribution is 7.99. The molecule has 1 aromatic heterocycles. The highest BCUT2D eigenvalue weighted by Crippen LogP contribution is 2.29. The van der Waals surface area contributed by atoms with Crippen LogP contribution in [0.5, 0.6) is 0 Å². The first-order valence-electron chi connectivity index (χ1n) is 7.51. The van der Waals surface area contributed by atoms with E-state index in [1.54, 1.807) is 0 Å². The molecular formula is C16H23N3S. The summed E-state index contributed by atoms with van der Waals surface area (Å²) in [7, 11) is 2.04. The number of fused-ring (bicyclic) bond motifs is 1. The Morgan fingerprint density at radius 1 is 1.45 bits per heavy atom. The number of hydrogen-bond acceptors (Lipinski definition) is 3. The van der Waals surface area contributed by atoms with E-state index in [9.17, 15) is 0 Å². The quantitative estimate of drug-likeness (QED) is 0.918. The van der Waals surface area contributed by atoms with Crippen LogP contribution >= 0.6 is 11.8 Å². The van der Waals surface area contributed by atoms with Crippen LogP contribution in [0.15, 0.2) is 24.3 Å². The van der Waals surface area contributed by atoms with Crippen molar-refractivity contribution in [1.29, 1.82) is 0 Å². The van der Waals surface area contributed by atoms with Crippen LogP contribution in [0.25, 0.3) is 10.9 Å². The highest BCUT2D eigenvalue weighted by atomic mass is 32.2. The molecule has 1 aliphatic rings. The number of aromatic nitrogens is 2. The second-order valence-electron chi connectivity index (χ2n) is 5.58. The number of hydrogen-bond donors (Lipinski definition) is 1. The Kier molecular flexibility index (Phi) is 4.32. The molecule has 1 fully saturated rings. The molecule has 4 heteroatoms. The third-order valence-corrected chi connectivity index (χ3v) is 5.44. The summed E-state index contributed by atoms with van der Waals surface area (Å²) >= 11 is 2.09. The molecule has 1 aromatic carbocycles. The first kappa shape index (κ1) is 14.0. The lowest BCUT2D eigenvalue weighted by molar-refractivity contribution is 0.384. The van der Waals surface area contributed by atoms with E-state index in [4.69, 9.17) is 5.10 Å². The molecule has 0 aliphatic carbocycles. The van der Waals surface area contributed by atoms with E-state index in [2.05, 4.69) is 48.3 Å². The molecule has 0 saturated carbocycles. The molecule has 108 valence electrons. The van der Waals surface area contributed by atoms with Crippen LogP contribution in [0.4, 0.5) is 0 Å². The summed E-state index contributed by atoms with van der Waals surface area (Å²) in [4.78, 5) is 0. The fourth-order valence-corrected chi connectivity index (χ4v) is 4.52. The van der Waals surface area contributed by atoms with Gasteiger partial charge < -0.3 is 5.32 Å². The van der Waals surface area contributed by atoms with Crippen LogP contribution in [0.3, 0.4) is 0 Å². The van der Waals surface area contributed by atoms with E-state index in [-0.39, 0.29) is 0 Å². The van der Waals surface area contributed by atoms with E-state index in [1.807, 2.05) is 11.7 Å². The molecule has 1 N–H and O–H groups in total. The number of nitrogens with zero attached hydrogens (tertiary/aromatic N) is 2. The van der Waals surface area contributed by atoms with Gasteiger partial charge in [0.05, 0.1) is 11.2 Å². The number of likely N-dealkylation sites (N-methyl/N-ethyl adjacent to an activating group) is 1. The van der Waals surface area contributed by atoms with Gasteiger partial charge in [-0.1, -0.05) is 25.1 Å². The SMILES string of the molecule is CCNC(Cc1nn(C)c2ccccc12)C1CCSC1. The van der Waals surface area contributed by atoms with Gasteiger partial charge >= 0.3 is 0 Å². The first-order valence-corrected chi connectivity index (χ1v) is 8.66. The van der Waals surface area contributed by atoms with Crippen LogP contribution in [0, 0.1) is 5.92 Å². The maximum absolute atomic E-state index is 4.75. The van der Waals surface area contributed by atoms with Crippen molar-refractivity contribution in [3.8, 4) is 0 Å². The molecule has 3 rings (SSSR count). The predicted octanol–water partition coefficient (Wildman–Crippen LogP) is 2.85. The predicted molar refractivity (Wildman–Crippen MR) is 87.3 cm³/mol. The summed E-state index contributed by atoms with van der Waals surface area (Å²) < 4.78 is 2.01. The van der Waals surface area contributed by atoms with Crippen molar-refractivity contribution < 1.29 is 0 Å². The second-order valence-corrected chi connectivity index (χ2v) is 6.73. The molecule has 0 amide bonds. The standard InChI is InChI=1S/C16H23N3S/c1-3-17-14(12-8-9-20-11-12)10-15-13-6-4-5-7-16(13)19(2)18-15/h4-7,12,14,17H,3,8-11H2,1-2H3. The van der Waals surface area contributed by atoms with Crippen molar-refractivity contribution in [2.45, 2.75) is 25.8 Å². The minimum absolute atomic E-state index is 0.563. The number of thioether (sulfide) groups is 1. The van der Waals surface area contributed by atoms with E-state index < -0.39 is 0 Å². The maximum Gasteiger partial charge on any atom is 0.0718 e. The van der Waals surface area contributed by atoms with Crippen molar-refractivity contribution in [3.63, 3.8) is 0 Å². The van der Waals surface area contributed by atoms with Crippen molar-refractivity contribution in [1.82, 2.24) is 15.1 Å². The first-order chi connectivity index (χ1) is 9.79. The van der Waals surface area contributed by atoms with Crippen molar-refractivity contribution in [3.05, 3.63) is 30.0 Å². The molecule has 3 nitrogen and oxygen atoms in total. The zero-order chi connectivity index (χ0) is 13.9. The maximum atomic E-state index is 4.75. The van der Waals surface area contributed by atoms with Gasteiger partial charge in [0.2, 0.25) is 0 Å². The van der Waals surface area contributed by atoms with Gasteiger partial charge in [-0.2, -0.15) is 16.9 Å². The van der Waals surface area contributed by atoms with Gasteiger partial charge in [0.15, 0.2) is 0 Å². The van der Waals surface area contributed by atoms with Gasteiger partial charge in [-0.3, -0.25) is 4.68 Å². The number of benzene rings is 1. The fourth-order valence-electron chi connectivity index (χ4n) is 3.19. The Bertz CT molecular complexity index is 572. The van der Waals surface area contributed by atoms with Gasteiger partial charge in [0.1, 0.15) is 0 Å². The number of aryl methyl sites for hydroxylation is 1. The summed E-state index contributed by atoms with van der Waals surface area (Å²) in [6.07, 6.45) is 2.38. The third-order valence-electron chi connectivity index (χ3n) is 4.25. The normalized spacial score (nSPS) is 20.6. The zero-order valence-electron chi connectivity index (χ0n) is 12.3. The van der Waals surface area contributed by atoms with Gasteiger partial charge in [0, 0.05) is 24.9 Å². The molecule has 2 aromatic rings.